The van der Waals surface area contributed by atoms with Crippen LogP contribution in [0, 0.1) is 12.8 Å². The fourth-order valence-electron chi connectivity index (χ4n) is 6.53. The van der Waals surface area contributed by atoms with E-state index in [1.807, 2.05) is 13.1 Å². The van der Waals surface area contributed by atoms with Gasteiger partial charge in [0.25, 0.3) is 0 Å². The molecule has 45 heavy (non-hydrogen) atoms. The summed E-state index contributed by atoms with van der Waals surface area (Å²) in [5.41, 5.74) is 12.5. The van der Waals surface area contributed by atoms with Crippen molar-refractivity contribution < 1.29 is 4.42 Å². The minimum Gasteiger partial charge on any atom is -0.437 e. The van der Waals surface area contributed by atoms with Gasteiger partial charge in [-0.3, -0.25) is 9.55 Å². The smallest absolute Gasteiger partial charge is 0.227 e. The number of para-hydroxylation sites is 1. The lowest BCUT2D eigenvalue weighted by atomic mass is 9.88. The summed E-state index contributed by atoms with van der Waals surface area (Å²) >= 11 is 0. The van der Waals surface area contributed by atoms with Crippen LogP contribution in [0.3, 0.4) is 0 Å². The van der Waals surface area contributed by atoms with Gasteiger partial charge in [-0.2, -0.15) is 0 Å². The van der Waals surface area contributed by atoms with Crippen molar-refractivity contribution in [2.75, 3.05) is 0 Å². The molecule has 0 radical (unpaired) electrons. The average molecular weight is 593 g/mol. The largest absolute Gasteiger partial charge is 0.437 e. The van der Waals surface area contributed by atoms with E-state index in [0.29, 0.717) is 11.6 Å². The van der Waals surface area contributed by atoms with Crippen molar-refractivity contribution >= 4 is 33.1 Å². The number of aromatic nitrogens is 4. The monoisotopic (exact) mass is 592 g/mol. The van der Waals surface area contributed by atoms with Crippen LogP contribution in [0.25, 0.3) is 61.3 Å². The van der Waals surface area contributed by atoms with Crippen LogP contribution in [0.4, 0.5) is 0 Å². The van der Waals surface area contributed by atoms with Crippen molar-refractivity contribution in [1.82, 2.24) is 19.5 Å². The van der Waals surface area contributed by atoms with Crippen molar-refractivity contribution in [3.8, 4) is 28.2 Å². The van der Waals surface area contributed by atoms with Crippen LogP contribution in [0.15, 0.2) is 89.5 Å². The maximum absolute atomic E-state index is 6.62. The molecule has 0 saturated heterocycles. The molecule has 5 heteroatoms. The molecule has 4 heterocycles. The van der Waals surface area contributed by atoms with E-state index >= 15 is 0 Å². The topological polar surface area (TPSA) is 56.7 Å². The van der Waals surface area contributed by atoms with Crippen molar-refractivity contribution in [2.45, 2.75) is 66.7 Å². The second-order valence-electron chi connectivity index (χ2n) is 13.3. The fourth-order valence-corrected chi connectivity index (χ4v) is 6.53. The van der Waals surface area contributed by atoms with Crippen LogP contribution in [-0.2, 0) is 6.42 Å². The summed E-state index contributed by atoms with van der Waals surface area (Å²) in [6, 6.07) is 28.1. The Morgan fingerprint density at radius 3 is 2.16 bits per heavy atom. The zero-order chi connectivity index (χ0) is 31.4. The van der Waals surface area contributed by atoms with Crippen molar-refractivity contribution in [2.24, 2.45) is 5.92 Å². The molecule has 0 aliphatic rings. The van der Waals surface area contributed by atoms with E-state index in [-0.39, 0.29) is 11.8 Å². The predicted molar refractivity (Wildman–Crippen MR) is 186 cm³/mol. The number of hydrogen-bond donors (Lipinski definition) is 0. The molecule has 0 saturated carbocycles. The van der Waals surface area contributed by atoms with Gasteiger partial charge in [-0.1, -0.05) is 84.0 Å². The highest BCUT2D eigenvalue weighted by molar-refractivity contribution is 6.08. The summed E-state index contributed by atoms with van der Waals surface area (Å²) in [7, 11) is 0. The Morgan fingerprint density at radius 1 is 0.733 bits per heavy atom. The SMILES string of the molecule is Cc1cc2nc(-c3cccc4c3oc3nc(CC(C)C)ccc34)n(-c3c(C(C)C)cc(-c4ccccc4)cc3C(C)C)c2cn1. The minimum atomic E-state index is 0.274. The number of imidazole rings is 1. The summed E-state index contributed by atoms with van der Waals surface area (Å²) < 4.78 is 8.96. The third-order valence-electron chi connectivity index (χ3n) is 8.70. The first kappa shape index (κ1) is 29.0. The van der Waals surface area contributed by atoms with Gasteiger partial charge in [0, 0.05) is 22.2 Å². The first-order valence-corrected chi connectivity index (χ1v) is 16.1. The van der Waals surface area contributed by atoms with E-state index < -0.39 is 0 Å². The van der Waals surface area contributed by atoms with Gasteiger partial charge in [-0.05, 0) is 89.8 Å². The number of furan rings is 1. The molecule has 0 aliphatic carbocycles. The number of aryl methyl sites for hydroxylation is 1. The molecule has 7 aromatic rings. The van der Waals surface area contributed by atoms with Gasteiger partial charge >= 0.3 is 0 Å². The first-order chi connectivity index (χ1) is 21.7. The molecule has 5 nitrogen and oxygen atoms in total. The Kier molecular flexibility index (Phi) is 7.27. The molecule has 0 bridgehead atoms. The maximum Gasteiger partial charge on any atom is 0.227 e. The van der Waals surface area contributed by atoms with Gasteiger partial charge in [0.15, 0.2) is 0 Å². The summed E-state index contributed by atoms with van der Waals surface area (Å²) in [5.74, 6) is 1.91. The lowest BCUT2D eigenvalue weighted by Gasteiger charge is -2.24. The fraction of sp³-hybridized carbons (Fsp3) is 0.275. The number of hydrogen-bond acceptors (Lipinski definition) is 4. The number of pyridine rings is 2. The van der Waals surface area contributed by atoms with Crippen LogP contribution in [-0.4, -0.2) is 19.5 Å². The van der Waals surface area contributed by atoms with Crippen molar-refractivity contribution in [3.05, 3.63) is 108 Å². The summed E-state index contributed by atoms with van der Waals surface area (Å²) in [4.78, 5) is 15.0. The lowest BCUT2D eigenvalue weighted by molar-refractivity contribution is 0.621. The summed E-state index contributed by atoms with van der Waals surface area (Å²) in [6.45, 7) is 15.6. The van der Waals surface area contributed by atoms with Crippen molar-refractivity contribution in [1.29, 1.82) is 0 Å². The molecule has 3 aromatic carbocycles. The number of rotatable bonds is 7. The molecule has 0 fully saturated rings. The Bertz CT molecular complexity index is 2150. The number of fused-ring (bicyclic) bond motifs is 4. The number of benzene rings is 3. The average Bonchev–Trinajstić information content (AvgIpc) is 3.58. The van der Waals surface area contributed by atoms with Crippen LogP contribution < -0.4 is 0 Å². The molecule has 0 N–H and O–H groups in total. The molecule has 7 rings (SSSR count). The highest BCUT2D eigenvalue weighted by Crippen LogP contribution is 2.42. The molecule has 226 valence electrons. The van der Waals surface area contributed by atoms with E-state index in [2.05, 4.69) is 125 Å². The summed E-state index contributed by atoms with van der Waals surface area (Å²) in [5, 5.41) is 2.07. The lowest BCUT2D eigenvalue weighted by Crippen LogP contribution is -2.09. The van der Waals surface area contributed by atoms with Gasteiger partial charge in [-0.15, -0.1) is 0 Å². The van der Waals surface area contributed by atoms with Gasteiger partial charge in [0.2, 0.25) is 5.71 Å². The quantitative estimate of drug-likeness (QED) is 0.185. The third-order valence-corrected chi connectivity index (χ3v) is 8.70. The Labute approximate surface area is 265 Å². The van der Waals surface area contributed by atoms with Crippen molar-refractivity contribution in [3.63, 3.8) is 0 Å². The molecule has 0 aliphatic heterocycles. The van der Waals surface area contributed by atoms with E-state index in [1.165, 1.54) is 27.9 Å². The minimum absolute atomic E-state index is 0.274. The van der Waals surface area contributed by atoms with E-state index in [1.54, 1.807) is 0 Å². The van der Waals surface area contributed by atoms with E-state index in [4.69, 9.17) is 19.4 Å². The van der Waals surface area contributed by atoms with Gasteiger partial charge in [-0.25, -0.2) is 9.97 Å². The Hall–Kier alpha value is -4.77. The molecule has 4 aromatic heterocycles. The molecular weight excluding hydrogens is 552 g/mol. The normalized spacial score (nSPS) is 12.1. The highest BCUT2D eigenvalue weighted by Gasteiger charge is 2.26. The second kappa shape index (κ2) is 11.3. The highest BCUT2D eigenvalue weighted by atomic mass is 16.3. The van der Waals surface area contributed by atoms with Gasteiger partial charge in [0.05, 0.1) is 28.5 Å². The van der Waals surface area contributed by atoms with E-state index in [9.17, 15) is 0 Å². The molecule has 0 atom stereocenters. The zero-order valence-electron chi connectivity index (χ0n) is 27.2. The first-order valence-electron chi connectivity index (χ1n) is 16.1. The van der Waals surface area contributed by atoms with Gasteiger partial charge < -0.3 is 4.42 Å². The van der Waals surface area contributed by atoms with Crippen LogP contribution in [0.1, 0.15) is 75.9 Å². The molecule has 0 amide bonds. The third kappa shape index (κ3) is 5.10. The summed E-state index contributed by atoms with van der Waals surface area (Å²) in [6.07, 6.45) is 2.88. The van der Waals surface area contributed by atoms with Crippen LogP contribution in [0.2, 0.25) is 0 Å². The maximum atomic E-state index is 6.62. The Balaban J connectivity index is 1.55. The van der Waals surface area contributed by atoms with E-state index in [0.717, 1.165) is 56.6 Å². The Morgan fingerprint density at radius 2 is 1.47 bits per heavy atom. The zero-order valence-corrected chi connectivity index (χ0v) is 27.2. The second-order valence-corrected chi connectivity index (χ2v) is 13.3. The van der Waals surface area contributed by atoms with Crippen LogP contribution >= 0.6 is 0 Å². The standard InChI is InChI=1S/C40H40N4O/c1-23(2)18-29-16-17-31-30-14-11-15-32(38(30)45-40(31)42-29)39-43-35-19-26(7)41-22-36(35)44(39)37-33(24(3)4)20-28(21-34(37)25(5)6)27-12-9-8-10-13-27/h8-17,19-25H,18H2,1-7H3. The molecule has 0 spiro atoms. The predicted octanol–water partition coefficient (Wildman–Crippen LogP) is 10.8. The van der Waals surface area contributed by atoms with Crippen LogP contribution in [0.5, 0.6) is 0 Å². The molecular formula is C40H40N4O. The number of nitrogens with zero attached hydrogens (tertiary/aromatic N) is 4. The molecule has 0 unspecified atom stereocenters. The van der Waals surface area contributed by atoms with Gasteiger partial charge in [0.1, 0.15) is 11.4 Å².